The van der Waals surface area contributed by atoms with Crippen LogP contribution in [0, 0.1) is 26.7 Å². The van der Waals surface area contributed by atoms with E-state index in [1.165, 1.54) is 39.9 Å². The third-order valence-corrected chi connectivity index (χ3v) is 4.85. The second-order valence-electron chi connectivity index (χ2n) is 6.67. The minimum absolute atomic E-state index is 0.528. The van der Waals surface area contributed by atoms with Crippen molar-refractivity contribution in [2.45, 2.75) is 46.6 Å². The summed E-state index contributed by atoms with van der Waals surface area (Å²) in [6.45, 7) is 9.04. The van der Waals surface area contributed by atoms with E-state index in [0.29, 0.717) is 12.0 Å². The first-order valence-electron chi connectivity index (χ1n) is 7.96. The molecular formula is C20H25N. The fourth-order valence-corrected chi connectivity index (χ4v) is 3.67. The molecule has 0 saturated heterocycles. The highest BCUT2D eigenvalue weighted by molar-refractivity contribution is 5.54. The van der Waals surface area contributed by atoms with Crippen LogP contribution in [0.25, 0.3) is 0 Å². The quantitative estimate of drug-likeness (QED) is 0.830. The molecule has 0 amide bonds. The molecule has 0 saturated carbocycles. The van der Waals surface area contributed by atoms with Crippen LogP contribution in [0.3, 0.4) is 0 Å². The molecule has 0 spiro atoms. The Morgan fingerprint density at radius 1 is 1.05 bits per heavy atom. The fraction of sp³-hybridized carbons (Fsp3) is 0.400. The molecule has 21 heavy (non-hydrogen) atoms. The van der Waals surface area contributed by atoms with Crippen molar-refractivity contribution in [3.05, 3.63) is 64.2 Å². The number of fused-ring (bicyclic) bond motifs is 1. The van der Waals surface area contributed by atoms with Gasteiger partial charge in [-0.3, -0.25) is 0 Å². The van der Waals surface area contributed by atoms with Gasteiger partial charge in [0.1, 0.15) is 0 Å². The molecule has 0 radical (unpaired) electrons. The van der Waals surface area contributed by atoms with Crippen molar-refractivity contribution in [3.8, 4) is 0 Å². The van der Waals surface area contributed by atoms with Gasteiger partial charge in [-0.15, -0.1) is 0 Å². The van der Waals surface area contributed by atoms with E-state index in [1.54, 1.807) is 0 Å². The lowest BCUT2D eigenvalue weighted by Gasteiger charge is -2.33. The molecule has 2 aromatic carbocycles. The molecule has 1 heteroatoms. The second kappa shape index (κ2) is 5.55. The summed E-state index contributed by atoms with van der Waals surface area (Å²) < 4.78 is 0. The highest BCUT2D eigenvalue weighted by atomic mass is 14.9. The van der Waals surface area contributed by atoms with Gasteiger partial charge in [0.25, 0.3) is 0 Å². The SMILES string of the molecule is Cc1cc(C)c(CC2Nc3ccccc3CC2C)c(C)c1. The number of aryl methyl sites for hydroxylation is 3. The van der Waals surface area contributed by atoms with Crippen molar-refractivity contribution >= 4 is 5.69 Å². The summed E-state index contributed by atoms with van der Waals surface area (Å²) >= 11 is 0. The molecule has 2 unspecified atom stereocenters. The van der Waals surface area contributed by atoms with E-state index in [2.05, 4.69) is 69.4 Å². The number of para-hydroxylation sites is 1. The highest BCUT2D eigenvalue weighted by Crippen LogP contribution is 2.31. The van der Waals surface area contributed by atoms with Gasteiger partial charge in [-0.25, -0.2) is 0 Å². The van der Waals surface area contributed by atoms with E-state index in [9.17, 15) is 0 Å². The molecule has 1 nitrogen and oxygen atoms in total. The van der Waals surface area contributed by atoms with E-state index in [0.717, 1.165) is 6.42 Å². The summed E-state index contributed by atoms with van der Waals surface area (Å²) in [5.74, 6) is 0.667. The Kier molecular flexibility index (Phi) is 3.75. The largest absolute Gasteiger partial charge is 0.381 e. The number of nitrogens with one attached hydrogen (secondary N) is 1. The Morgan fingerprint density at radius 3 is 2.43 bits per heavy atom. The smallest absolute Gasteiger partial charge is 0.0375 e. The Morgan fingerprint density at radius 2 is 1.71 bits per heavy atom. The summed E-state index contributed by atoms with van der Waals surface area (Å²) in [6, 6.07) is 13.9. The highest BCUT2D eigenvalue weighted by Gasteiger charge is 2.25. The van der Waals surface area contributed by atoms with Crippen molar-refractivity contribution < 1.29 is 0 Å². The lowest BCUT2D eigenvalue weighted by Crippen LogP contribution is -2.35. The van der Waals surface area contributed by atoms with Gasteiger partial charge in [-0.1, -0.05) is 42.8 Å². The van der Waals surface area contributed by atoms with Crippen molar-refractivity contribution in [1.29, 1.82) is 0 Å². The van der Waals surface area contributed by atoms with Gasteiger partial charge in [0.2, 0.25) is 0 Å². The van der Waals surface area contributed by atoms with Crippen molar-refractivity contribution in [2.24, 2.45) is 5.92 Å². The van der Waals surface area contributed by atoms with Crippen LogP contribution in [0.2, 0.25) is 0 Å². The first-order valence-corrected chi connectivity index (χ1v) is 7.96. The van der Waals surface area contributed by atoms with E-state index in [-0.39, 0.29) is 0 Å². The van der Waals surface area contributed by atoms with E-state index < -0.39 is 0 Å². The van der Waals surface area contributed by atoms with E-state index >= 15 is 0 Å². The maximum absolute atomic E-state index is 3.76. The zero-order chi connectivity index (χ0) is 15.0. The summed E-state index contributed by atoms with van der Waals surface area (Å²) in [4.78, 5) is 0. The van der Waals surface area contributed by atoms with Crippen LogP contribution >= 0.6 is 0 Å². The molecule has 1 aliphatic heterocycles. The number of hydrogen-bond donors (Lipinski definition) is 1. The molecule has 2 atom stereocenters. The Balaban J connectivity index is 1.86. The maximum Gasteiger partial charge on any atom is 0.0375 e. The second-order valence-corrected chi connectivity index (χ2v) is 6.67. The van der Waals surface area contributed by atoms with E-state index in [4.69, 9.17) is 0 Å². The monoisotopic (exact) mass is 279 g/mol. The van der Waals surface area contributed by atoms with Gasteiger partial charge in [-0.2, -0.15) is 0 Å². The molecule has 0 aromatic heterocycles. The molecule has 3 rings (SSSR count). The summed E-state index contributed by atoms with van der Waals surface area (Å²) in [6.07, 6.45) is 2.30. The van der Waals surface area contributed by atoms with Gasteiger partial charge in [0.05, 0.1) is 0 Å². The van der Waals surface area contributed by atoms with Crippen LogP contribution < -0.4 is 5.32 Å². The number of benzene rings is 2. The standard InChI is InChI=1S/C20H25N/c1-13-9-14(2)18(15(3)10-13)12-20-16(4)11-17-7-5-6-8-19(17)21-20/h5-10,16,20-21H,11-12H2,1-4H3. The van der Waals surface area contributed by atoms with Crippen LogP contribution in [0.15, 0.2) is 36.4 Å². The molecule has 0 aliphatic carbocycles. The first-order chi connectivity index (χ1) is 10.0. The van der Waals surface area contributed by atoms with Crippen LogP contribution in [0.4, 0.5) is 5.69 Å². The number of rotatable bonds is 2. The van der Waals surface area contributed by atoms with E-state index in [1.807, 2.05) is 0 Å². The third-order valence-electron chi connectivity index (χ3n) is 4.85. The molecule has 0 fully saturated rings. The van der Waals surface area contributed by atoms with Crippen molar-refractivity contribution in [1.82, 2.24) is 0 Å². The van der Waals surface area contributed by atoms with Gasteiger partial charge < -0.3 is 5.32 Å². The number of hydrogen-bond acceptors (Lipinski definition) is 1. The first kappa shape index (κ1) is 14.2. The summed E-state index contributed by atoms with van der Waals surface area (Å²) in [5, 5.41) is 3.76. The normalized spacial score (nSPS) is 20.8. The van der Waals surface area contributed by atoms with Crippen LogP contribution in [0.1, 0.15) is 34.7 Å². The zero-order valence-electron chi connectivity index (χ0n) is 13.5. The van der Waals surface area contributed by atoms with Gasteiger partial charge in [0.15, 0.2) is 0 Å². The molecule has 0 bridgehead atoms. The predicted molar refractivity (Wildman–Crippen MR) is 91.1 cm³/mol. The van der Waals surface area contributed by atoms with Crippen LogP contribution in [0.5, 0.6) is 0 Å². The Labute approximate surface area is 128 Å². The van der Waals surface area contributed by atoms with Crippen LogP contribution in [-0.2, 0) is 12.8 Å². The summed E-state index contributed by atoms with van der Waals surface area (Å²) in [7, 11) is 0. The predicted octanol–water partition coefficient (Wildman–Crippen LogP) is 4.83. The number of anilines is 1. The zero-order valence-corrected chi connectivity index (χ0v) is 13.5. The fourth-order valence-electron chi connectivity index (χ4n) is 3.67. The molecule has 1 aliphatic rings. The molecule has 110 valence electrons. The van der Waals surface area contributed by atoms with Crippen LogP contribution in [-0.4, -0.2) is 6.04 Å². The van der Waals surface area contributed by atoms with Gasteiger partial charge in [0, 0.05) is 11.7 Å². The molecule has 1 heterocycles. The third kappa shape index (κ3) is 2.83. The lowest BCUT2D eigenvalue weighted by molar-refractivity contribution is 0.460. The topological polar surface area (TPSA) is 12.0 Å². The maximum atomic E-state index is 3.76. The molecule has 2 aromatic rings. The molecule has 1 N–H and O–H groups in total. The minimum Gasteiger partial charge on any atom is -0.381 e. The Bertz CT molecular complexity index is 634. The average Bonchev–Trinajstić information content (AvgIpc) is 2.43. The average molecular weight is 279 g/mol. The minimum atomic E-state index is 0.528. The van der Waals surface area contributed by atoms with Crippen molar-refractivity contribution in [2.75, 3.05) is 5.32 Å². The van der Waals surface area contributed by atoms with Gasteiger partial charge in [-0.05, 0) is 67.9 Å². The molecular weight excluding hydrogens is 254 g/mol. The Hall–Kier alpha value is -1.76. The summed E-state index contributed by atoms with van der Waals surface area (Å²) in [5.41, 5.74) is 8.52. The lowest BCUT2D eigenvalue weighted by atomic mass is 9.83. The van der Waals surface area contributed by atoms with Crippen molar-refractivity contribution in [3.63, 3.8) is 0 Å². The van der Waals surface area contributed by atoms with Gasteiger partial charge >= 0.3 is 0 Å².